The number of nitrogens with zero attached hydrogens (tertiary/aromatic N) is 2. The van der Waals surface area contributed by atoms with Gasteiger partial charge in [-0.3, -0.25) is 4.79 Å². The number of hydrogen-bond acceptors (Lipinski definition) is 3. The topological polar surface area (TPSA) is 35.6 Å². The first kappa shape index (κ1) is 18.7. The summed E-state index contributed by atoms with van der Waals surface area (Å²) in [5.41, 5.74) is 0. The number of rotatable bonds is 6. The molecule has 1 amide bonds. The molecule has 1 atom stereocenters. The molecule has 1 fully saturated rings. The third kappa shape index (κ3) is 7.14. The second-order valence-electron chi connectivity index (χ2n) is 6.02. The smallest absolute Gasteiger partial charge is 0.227 e. The largest absolute Gasteiger partial charge is 0.341 e. The van der Waals surface area contributed by atoms with Crippen molar-refractivity contribution in [1.29, 1.82) is 0 Å². The van der Waals surface area contributed by atoms with Crippen molar-refractivity contribution in [2.45, 2.75) is 26.7 Å². The number of nitrogens with one attached hydrogen (secondary N) is 1. The highest BCUT2D eigenvalue weighted by molar-refractivity contribution is 5.85. The lowest BCUT2D eigenvalue weighted by molar-refractivity contribution is -0.136. The number of carbonyl (C=O) groups excluding carboxylic acids is 1. The van der Waals surface area contributed by atoms with E-state index < -0.39 is 0 Å². The van der Waals surface area contributed by atoms with Crippen molar-refractivity contribution in [1.82, 2.24) is 15.1 Å². The first-order valence-electron chi connectivity index (χ1n) is 7.15. The zero-order chi connectivity index (χ0) is 13.5. The van der Waals surface area contributed by atoms with Gasteiger partial charge in [0.2, 0.25) is 5.91 Å². The molecule has 1 heterocycles. The molecule has 0 saturated carbocycles. The van der Waals surface area contributed by atoms with E-state index in [0.717, 1.165) is 45.6 Å². The molecule has 0 bridgehead atoms. The molecule has 0 aromatic rings. The molecule has 0 spiro atoms. The maximum absolute atomic E-state index is 12.5. The quantitative estimate of drug-likeness (QED) is 0.805. The van der Waals surface area contributed by atoms with Crippen LogP contribution in [0, 0.1) is 11.8 Å². The minimum Gasteiger partial charge on any atom is -0.341 e. The summed E-state index contributed by atoms with van der Waals surface area (Å²) in [6.07, 6.45) is 2.17. The van der Waals surface area contributed by atoms with Crippen LogP contribution < -0.4 is 5.32 Å². The van der Waals surface area contributed by atoms with Gasteiger partial charge >= 0.3 is 0 Å². The van der Waals surface area contributed by atoms with Crippen LogP contribution in [0.25, 0.3) is 0 Å². The van der Waals surface area contributed by atoms with Crippen LogP contribution in [0.1, 0.15) is 26.7 Å². The van der Waals surface area contributed by atoms with Crippen LogP contribution in [0.5, 0.6) is 0 Å². The van der Waals surface area contributed by atoms with Gasteiger partial charge in [0.25, 0.3) is 0 Å². The zero-order valence-corrected chi connectivity index (χ0v) is 13.6. The van der Waals surface area contributed by atoms with Crippen LogP contribution in [0.2, 0.25) is 0 Å². The monoisotopic (exact) mass is 291 g/mol. The minimum atomic E-state index is 0. The highest BCUT2D eigenvalue weighted by Crippen LogP contribution is 2.14. The van der Waals surface area contributed by atoms with Crippen LogP contribution >= 0.6 is 12.4 Å². The van der Waals surface area contributed by atoms with Crippen LogP contribution in [0.3, 0.4) is 0 Å². The fraction of sp³-hybridized carbons (Fsp3) is 0.929. The Hall–Kier alpha value is -0.320. The molecule has 0 aliphatic carbocycles. The lowest BCUT2D eigenvalue weighted by Gasteiger charge is -2.31. The standard InChI is InChI=1S/C14H29N3O.ClH/c1-12(2)11-17(9-8-16(3)4)14(18)13-6-5-7-15-10-13;/h12-13,15H,5-11H2,1-4H3;1H/t13-;/m1./s1. The molecular formula is C14H30ClN3O. The average molecular weight is 292 g/mol. The van der Waals surface area contributed by atoms with Gasteiger partial charge in [0.1, 0.15) is 0 Å². The van der Waals surface area contributed by atoms with Crippen LogP contribution in [-0.2, 0) is 4.79 Å². The molecule has 5 heteroatoms. The molecular weight excluding hydrogens is 262 g/mol. The molecule has 0 radical (unpaired) electrons. The van der Waals surface area contributed by atoms with Gasteiger partial charge in [-0.25, -0.2) is 0 Å². The van der Waals surface area contributed by atoms with Crippen molar-refractivity contribution in [2.24, 2.45) is 11.8 Å². The Morgan fingerprint density at radius 1 is 1.32 bits per heavy atom. The molecule has 4 nitrogen and oxygen atoms in total. The van der Waals surface area contributed by atoms with E-state index in [4.69, 9.17) is 0 Å². The Labute approximate surface area is 124 Å². The SMILES string of the molecule is CC(C)CN(CCN(C)C)C(=O)[C@@H]1CCCNC1.Cl. The molecule has 19 heavy (non-hydrogen) atoms. The van der Waals surface area contributed by atoms with E-state index in [2.05, 4.69) is 43.1 Å². The maximum Gasteiger partial charge on any atom is 0.227 e. The Balaban J connectivity index is 0.00000324. The van der Waals surface area contributed by atoms with E-state index in [0.29, 0.717) is 11.8 Å². The number of piperidine rings is 1. The number of halogens is 1. The van der Waals surface area contributed by atoms with Crippen LogP contribution in [0.4, 0.5) is 0 Å². The Bertz CT molecular complexity index is 253. The first-order chi connectivity index (χ1) is 8.50. The summed E-state index contributed by atoms with van der Waals surface area (Å²) in [5.74, 6) is 1.07. The highest BCUT2D eigenvalue weighted by atomic mass is 35.5. The summed E-state index contributed by atoms with van der Waals surface area (Å²) < 4.78 is 0. The Morgan fingerprint density at radius 3 is 2.47 bits per heavy atom. The van der Waals surface area contributed by atoms with E-state index >= 15 is 0 Å². The number of hydrogen-bond donors (Lipinski definition) is 1. The van der Waals surface area contributed by atoms with Crippen molar-refractivity contribution < 1.29 is 4.79 Å². The van der Waals surface area contributed by atoms with Crippen molar-refractivity contribution in [2.75, 3.05) is 46.8 Å². The third-order valence-electron chi connectivity index (χ3n) is 3.36. The molecule has 0 aromatic heterocycles. The van der Waals surface area contributed by atoms with Gasteiger partial charge in [-0.05, 0) is 39.4 Å². The van der Waals surface area contributed by atoms with Crippen molar-refractivity contribution >= 4 is 18.3 Å². The van der Waals surface area contributed by atoms with Crippen molar-refractivity contribution in [3.63, 3.8) is 0 Å². The maximum atomic E-state index is 12.5. The fourth-order valence-corrected chi connectivity index (χ4v) is 2.37. The fourth-order valence-electron chi connectivity index (χ4n) is 2.37. The van der Waals surface area contributed by atoms with Gasteiger partial charge in [0.15, 0.2) is 0 Å². The van der Waals surface area contributed by atoms with E-state index in [1.54, 1.807) is 0 Å². The summed E-state index contributed by atoms with van der Waals surface area (Å²) in [5, 5.41) is 3.33. The van der Waals surface area contributed by atoms with Crippen LogP contribution in [0.15, 0.2) is 0 Å². The van der Waals surface area contributed by atoms with Gasteiger partial charge in [0, 0.05) is 26.2 Å². The van der Waals surface area contributed by atoms with Gasteiger partial charge in [-0.1, -0.05) is 13.8 Å². The second-order valence-corrected chi connectivity index (χ2v) is 6.02. The van der Waals surface area contributed by atoms with Gasteiger partial charge in [0.05, 0.1) is 5.92 Å². The Kier molecular flexibility index (Phi) is 9.40. The van der Waals surface area contributed by atoms with E-state index in [1.807, 2.05) is 0 Å². The molecule has 1 aliphatic rings. The van der Waals surface area contributed by atoms with E-state index in [-0.39, 0.29) is 18.3 Å². The van der Waals surface area contributed by atoms with Crippen molar-refractivity contribution in [3.8, 4) is 0 Å². The van der Waals surface area contributed by atoms with Gasteiger partial charge < -0.3 is 15.1 Å². The molecule has 0 aromatic carbocycles. The van der Waals surface area contributed by atoms with Gasteiger partial charge in [-0.15, -0.1) is 12.4 Å². The van der Waals surface area contributed by atoms with E-state index in [9.17, 15) is 4.79 Å². The first-order valence-corrected chi connectivity index (χ1v) is 7.15. The lowest BCUT2D eigenvalue weighted by atomic mass is 9.97. The van der Waals surface area contributed by atoms with Crippen molar-refractivity contribution in [3.05, 3.63) is 0 Å². The molecule has 0 unspecified atom stereocenters. The highest BCUT2D eigenvalue weighted by Gasteiger charge is 2.26. The number of carbonyl (C=O) groups is 1. The molecule has 1 rings (SSSR count). The Morgan fingerprint density at radius 2 is 2.00 bits per heavy atom. The summed E-state index contributed by atoms with van der Waals surface area (Å²) >= 11 is 0. The number of amides is 1. The second kappa shape index (κ2) is 9.56. The molecule has 1 N–H and O–H groups in total. The predicted octanol–water partition coefficient (Wildman–Crippen LogP) is 1.45. The van der Waals surface area contributed by atoms with Crippen LogP contribution in [-0.4, -0.2) is 62.5 Å². The predicted molar refractivity (Wildman–Crippen MR) is 82.8 cm³/mol. The average Bonchev–Trinajstić information content (AvgIpc) is 2.34. The number of likely N-dealkylation sites (N-methyl/N-ethyl adjacent to an activating group) is 1. The molecule has 1 aliphatic heterocycles. The zero-order valence-electron chi connectivity index (χ0n) is 12.8. The lowest BCUT2D eigenvalue weighted by Crippen LogP contribution is -2.46. The minimum absolute atomic E-state index is 0. The summed E-state index contributed by atoms with van der Waals surface area (Å²) in [7, 11) is 4.11. The normalized spacial score (nSPS) is 19.4. The summed E-state index contributed by atoms with van der Waals surface area (Å²) in [6.45, 7) is 8.94. The van der Waals surface area contributed by atoms with E-state index in [1.165, 1.54) is 0 Å². The molecule has 114 valence electrons. The molecule has 1 saturated heterocycles. The summed E-state index contributed by atoms with van der Waals surface area (Å²) in [4.78, 5) is 16.7. The summed E-state index contributed by atoms with van der Waals surface area (Å²) in [6, 6.07) is 0. The third-order valence-corrected chi connectivity index (χ3v) is 3.36. The van der Waals surface area contributed by atoms with Gasteiger partial charge in [-0.2, -0.15) is 0 Å².